The number of nitrogens with one attached hydrogen (secondary N) is 1. The smallest absolute Gasteiger partial charge is 0.262 e. The van der Waals surface area contributed by atoms with Crippen LogP contribution in [-0.2, 0) is 13.6 Å². The fraction of sp³-hybridized carbons (Fsp3) is 0.409. The van der Waals surface area contributed by atoms with Crippen LogP contribution in [-0.4, -0.2) is 64.5 Å². The summed E-state index contributed by atoms with van der Waals surface area (Å²) in [7, 11) is 1.67. The van der Waals surface area contributed by atoms with E-state index in [1.165, 1.54) is 27.8 Å². The fourth-order valence-corrected chi connectivity index (χ4v) is 4.90. The highest BCUT2D eigenvalue weighted by Gasteiger charge is 2.20. The average molecular weight is 426 g/mol. The summed E-state index contributed by atoms with van der Waals surface area (Å²) < 4.78 is 1.45. The van der Waals surface area contributed by atoms with Gasteiger partial charge in [0.15, 0.2) is 0 Å². The molecular formula is C22H27N5O2S. The molecule has 30 heavy (non-hydrogen) atoms. The Morgan fingerprint density at radius 3 is 2.57 bits per heavy atom. The highest BCUT2D eigenvalue weighted by Crippen LogP contribution is 2.26. The Morgan fingerprint density at radius 1 is 1.13 bits per heavy atom. The first-order chi connectivity index (χ1) is 14.5. The van der Waals surface area contributed by atoms with Gasteiger partial charge in [0.2, 0.25) is 0 Å². The molecule has 1 amide bonds. The Labute approximate surface area is 179 Å². The van der Waals surface area contributed by atoms with Gasteiger partial charge in [0, 0.05) is 52.9 Å². The molecule has 0 aliphatic carbocycles. The van der Waals surface area contributed by atoms with Gasteiger partial charge in [-0.25, -0.2) is 4.98 Å². The number of nitrogens with zero attached hydrogens (tertiary/aromatic N) is 4. The summed E-state index contributed by atoms with van der Waals surface area (Å²) in [5.74, 6) is -0.125. The van der Waals surface area contributed by atoms with E-state index in [4.69, 9.17) is 0 Å². The summed E-state index contributed by atoms with van der Waals surface area (Å²) in [6, 6.07) is 10.6. The van der Waals surface area contributed by atoms with Crippen molar-refractivity contribution >= 4 is 27.5 Å². The van der Waals surface area contributed by atoms with Gasteiger partial charge in [-0.3, -0.25) is 19.4 Å². The summed E-state index contributed by atoms with van der Waals surface area (Å²) in [6.45, 7) is 8.31. The maximum absolute atomic E-state index is 12.7. The number of aryl methyl sites for hydroxylation is 2. The van der Waals surface area contributed by atoms with Gasteiger partial charge in [-0.2, -0.15) is 0 Å². The van der Waals surface area contributed by atoms with Crippen molar-refractivity contribution in [1.82, 2.24) is 24.7 Å². The van der Waals surface area contributed by atoms with Gasteiger partial charge in [-0.15, -0.1) is 11.3 Å². The van der Waals surface area contributed by atoms with Crippen LogP contribution in [0.1, 0.15) is 20.8 Å². The van der Waals surface area contributed by atoms with Crippen LogP contribution < -0.4 is 10.9 Å². The lowest BCUT2D eigenvalue weighted by molar-refractivity contribution is 0.0937. The number of fused-ring (bicyclic) bond motifs is 1. The second-order valence-corrected chi connectivity index (χ2v) is 8.76. The lowest BCUT2D eigenvalue weighted by atomic mass is 10.2. The predicted octanol–water partition coefficient (Wildman–Crippen LogP) is 1.85. The number of amides is 1. The van der Waals surface area contributed by atoms with Crippen LogP contribution in [0.3, 0.4) is 0 Å². The minimum Gasteiger partial charge on any atom is -0.350 e. The molecule has 2 aromatic heterocycles. The van der Waals surface area contributed by atoms with Gasteiger partial charge in [0.25, 0.3) is 11.5 Å². The number of piperazine rings is 1. The van der Waals surface area contributed by atoms with Crippen LogP contribution >= 0.6 is 11.3 Å². The molecule has 4 rings (SSSR count). The number of benzene rings is 1. The highest BCUT2D eigenvalue weighted by atomic mass is 32.1. The molecule has 0 atom stereocenters. The SMILES string of the molecule is Cc1c(C(=O)NCCN2CCN(Cc3ccccc3)CC2)sc2ncn(C)c(=O)c12. The molecule has 158 valence electrons. The normalized spacial score (nSPS) is 15.5. The van der Waals surface area contributed by atoms with Gasteiger partial charge < -0.3 is 9.88 Å². The molecule has 0 unspecified atom stereocenters. The molecule has 1 N–H and O–H groups in total. The van der Waals surface area contributed by atoms with E-state index in [-0.39, 0.29) is 11.5 Å². The molecule has 0 spiro atoms. The van der Waals surface area contributed by atoms with Crippen LogP contribution in [0.5, 0.6) is 0 Å². The Hall–Kier alpha value is -2.55. The number of thiophene rings is 1. The lowest BCUT2D eigenvalue weighted by Gasteiger charge is -2.34. The standard InChI is InChI=1S/C22H27N5O2S/c1-16-18-21(24-15-25(2)22(18)29)30-19(16)20(28)23-8-9-26-10-12-27(13-11-26)14-17-6-4-3-5-7-17/h3-7,15H,8-14H2,1-2H3,(H,23,28). The molecule has 0 saturated carbocycles. The van der Waals surface area contributed by atoms with Crippen LogP contribution in [0.25, 0.3) is 10.2 Å². The number of carbonyl (C=O) groups is 1. The second-order valence-electron chi connectivity index (χ2n) is 7.76. The Bertz CT molecular complexity index is 1080. The molecule has 0 radical (unpaired) electrons. The molecule has 3 heterocycles. The molecule has 1 aliphatic heterocycles. The first kappa shape index (κ1) is 20.7. The Kier molecular flexibility index (Phi) is 6.26. The van der Waals surface area contributed by atoms with Crippen LogP contribution in [0.2, 0.25) is 0 Å². The monoisotopic (exact) mass is 425 g/mol. The summed E-state index contributed by atoms with van der Waals surface area (Å²) in [4.78, 5) is 35.3. The van der Waals surface area contributed by atoms with E-state index in [1.54, 1.807) is 7.05 Å². The summed E-state index contributed by atoms with van der Waals surface area (Å²) in [6.07, 6.45) is 1.50. The highest BCUT2D eigenvalue weighted by molar-refractivity contribution is 7.20. The lowest BCUT2D eigenvalue weighted by Crippen LogP contribution is -2.48. The number of hydrogen-bond donors (Lipinski definition) is 1. The number of carbonyl (C=O) groups excluding carboxylic acids is 1. The van der Waals surface area contributed by atoms with Crippen molar-refractivity contribution in [1.29, 1.82) is 0 Å². The Morgan fingerprint density at radius 2 is 1.83 bits per heavy atom. The van der Waals surface area contributed by atoms with Crippen molar-refractivity contribution in [2.75, 3.05) is 39.3 Å². The van der Waals surface area contributed by atoms with Gasteiger partial charge in [0.05, 0.1) is 16.6 Å². The third kappa shape index (κ3) is 4.45. The van der Waals surface area contributed by atoms with Crippen molar-refractivity contribution in [3.8, 4) is 0 Å². The van der Waals surface area contributed by atoms with Crippen molar-refractivity contribution in [2.45, 2.75) is 13.5 Å². The zero-order valence-electron chi connectivity index (χ0n) is 17.4. The summed E-state index contributed by atoms with van der Waals surface area (Å²) in [5, 5.41) is 3.56. The topological polar surface area (TPSA) is 70.5 Å². The minimum absolute atomic E-state index is 0.110. The minimum atomic E-state index is -0.125. The molecule has 1 fully saturated rings. The maximum Gasteiger partial charge on any atom is 0.262 e. The zero-order chi connectivity index (χ0) is 21.1. The van der Waals surface area contributed by atoms with E-state index in [0.29, 0.717) is 21.6 Å². The number of hydrogen-bond acceptors (Lipinski definition) is 6. The van der Waals surface area contributed by atoms with E-state index >= 15 is 0 Å². The van der Waals surface area contributed by atoms with E-state index in [1.807, 2.05) is 13.0 Å². The van der Waals surface area contributed by atoms with Gasteiger partial charge in [0.1, 0.15) is 4.83 Å². The van der Waals surface area contributed by atoms with Crippen LogP contribution in [0, 0.1) is 6.92 Å². The van der Waals surface area contributed by atoms with Gasteiger partial charge in [-0.05, 0) is 18.1 Å². The summed E-state index contributed by atoms with van der Waals surface area (Å²) in [5.41, 5.74) is 1.96. The number of aromatic nitrogens is 2. The van der Waals surface area contributed by atoms with Crippen LogP contribution in [0.4, 0.5) is 0 Å². The van der Waals surface area contributed by atoms with Crippen LogP contribution in [0.15, 0.2) is 41.5 Å². The number of rotatable bonds is 6. The van der Waals surface area contributed by atoms with Crippen molar-refractivity contribution in [3.05, 3.63) is 63.0 Å². The molecule has 8 heteroatoms. The van der Waals surface area contributed by atoms with Crippen molar-refractivity contribution < 1.29 is 4.79 Å². The first-order valence-electron chi connectivity index (χ1n) is 10.2. The van der Waals surface area contributed by atoms with Gasteiger partial charge in [-0.1, -0.05) is 30.3 Å². The summed E-state index contributed by atoms with van der Waals surface area (Å²) >= 11 is 1.29. The van der Waals surface area contributed by atoms with Crippen molar-refractivity contribution in [2.24, 2.45) is 7.05 Å². The molecule has 0 bridgehead atoms. The molecule has 3 aromatic rings. The predicted molar refractivity (Wildman–Crippen MR) is 120 cm³/mol. The first-order valence-corrected chi connectivity index (χ1v) is 11.1. The maximum atomic E-state index is 12.7. The van der Waals surface area contributed by atoms with E-state index in [0.717, 1.165) is 44.8 Å². The molecule has 1 saturated heterocycles. The third-order valence-corrected chi connectivity index (χ3v) is 6.84. The molecule has 7 nitrogen and oxygen atoms in total. The quantitative estimate of drug-likeness (QED) is 0.653. The molecular weight excluding hydrogens is 398 g/mol. The third-order valence-electron chi connectivity index (χ3n) is 5.64. The zero-order valence-corrected chi connectivity index (χ0v) is 18.2. The van der Waals surface area contributed by atoms with Crippen molar-refractivity contribution in [3.63, 3.8) is 0 Å². The molecule has 1 aromatic carbocycles. The molecule has 1 aliphatic rings. The second kappa shape index (κ2) is 9.07. The average Bonchev–Trinajstić information content (AvgIpc) is 3.10. The Balaban J connectivity index is 1.27. The largest absolute Gasteiger partial charge is 0.350 e. The fourth-order valence-electron chi connectivity index (χ4n) is 3.85. The van der Waals surface area contributed by atoms with E-state index < -0.39 is 0 Å². The van der Waals surface area contributed by atoms with E-state index in [2.05, 4.69) is 44.4 Å². The van der Waals surface area contributed by atoms with E-state index in [9.17, 15) is 9.59 Å². The van der Waals surface area contributed by atoms with Gasteiger partial charge >= 0.3 is 0 Å².